The van der Waals surface area contributed by atoms with Crippen LogP contribution in [0.3, 0.4) is 0 Å². The zero-order chi connectivity index (χ0) is 24.1. The van der Waals surface area contributed by atoms with Gasteiger partial charge in [0.15, 0.2) is 0 Å². The van der Waals surface area contributed by atoms with Crippen molar-refractivity contribution in [3.05, 3.63) is 66.1 Å². The number of thiophene rings is 1. The van der Waals surface area contributed by atoms with E-state index >= 15 is 0 Å². The maximum atomic E-state index is 9.60. The van der Waals surface area contributed by atoms with E-state index in [1.807, 2.05) is 65.1 Å². The van der Waals surface area contributed by atoms with Crippen LogP contribution in [-0.2, 0) is 20.1 Å². The van der Waals surface area contributed by atoms with Crippen LogP contribution in [0.2, 0.25) is 0 Å². The van der Waals surface area contributed by atoms with Crippen LogP contribution in [-0.4, -0.2) is 20.7 Å². The Balaban J connectivity index is 0.000000206. The maximum absolute atomic E-state index is 9.60. The Labute approximate surface area is 218 Å². The molecule has 179 valence electrons. The molecule has 0 saturated carbocycles. The molecule has 3 aromatic carbocycles. The number of rotatable bonds is 1. The molecule has 0 bridgehead atoms. The molecular weight excluding hydrogens is 619 g/mol. The van der Waals surface area contributed by atoms with E-state index in [0.717, 1.165) is 5.52 Å². The summed E-state index contributed by atoms with van der Waals surface area (Å²) in [4.78, 5) is 14.2. The van der Waals surface area contributed by atoms with Crippen molar-refractivity contribution in [2.24, 2.45) is 10.8 Å². The smallest absolute Gasteiger partial charge is 0.325 e. The molecule has 0 saturated heterocycles. The van der Waals surface area contributed by atoms with Crippen molar-refractivity contribution < 1.29 is 30.0 Å². The summed E-state index contributed by atoms with van der Waals surface area (Å²) >= 11 is 1.87. The van der Waals surface area contributed by atoms with Crippen LogP contribution >= 0.6 is 11.3 Å². The fraction of sp³-hybridized carbons (Fsp3) is 0.310. The summed E-state index contributed by atoms with van der Waals surface area (Å²) in [7, 11) is 0. The third-order valence-corrected chi connectivity index (χ3v) is 6.91. The minimum atomic E-state index is -0.306. The Bertz CT molecular complexity index is 1520. The second kappa shape index (κ2) is 9.37. The number of hydrogen-bond donors (Lipinski definition) is 1. The van der Waals surface area contributed by atoms with E-state index in [0.29, 0.717) is 0 Å². The summed E-state index contributed by atoms with van der Waals surface area (Å²) in [6, 6.07) is 16.5. The predicted molar refractivity (Wildman–Crippen MR) is 143 cm³/mol. The number of hydrogen-bond acceptors (Lipinski definition) is 3. The molecule has 2 N–H and O–H groups in total. The standard InChI is InChI=1S/C18H10NS.C11H20O2.Ir/c1-10-8-13-17-15(9-10)20-14-6-2-4-11(16(14)17)12-5-3-7-19-18(12)13;1-10(2,3)8(12)7-9(13)11(4,5)6;/h2-7,9H,1H3;7,12H,1-6H3;/q-1;;/p+1/b;8-7-;. The maximum Gasteiger partial charge on any atom is 0.325 e. The van der Waals surface area contributed by atoms with Gasteiger partial charge < -0.3 is 10.1 Å². The molecule has 0 aliphatic rings. The monoisotopic (exact) mass is 650 g/mol. The van der Waals surface area contributed by atoms with Gasteiger partial charge in [-0.2, -0.15) is 11.3 Å². The van der Waals surface area contributed by atoms with Crippen LogP contribution in [0.5, 0.6) is 0 Å². The van der Waals surface area contributed by atoms with Crippen LogP contribution < -0.4 is 0 Å². The summed E-state index contributed by atoms with van der Waals surface area (Å²) < 4.78 is 2.70. The summed E-state index contributed by atoms with van der Waals surface area (Å²) in [6.07, 6.45) is 3.32. The fourth-order valence-electron chi connectivity index (χ4n) is 3.80. The van der Waals surface area contributed by atoms with Crippen molar-refractivity contribution in [1.29, 1.82) is 0 Å². The molecule has 0 spiro atoms. The van der Waals surface area contributed by atoms with E-state index in [2.05, 4.69) is 48.3 Å². The normalized spacial score (nSPS) is 12.7. The summed E-state index contributed by atoms with van der Waals surface area (Å²) in [6.45, 7) is 13.5. The fourth-order valence-corrected chi connectivity index (χ4v) is 5.03. The summed E-state index contributed by atoms with van der Waals surface area (Å²) in [5.41, 5.74) is 1.64. The number of aromatic nitrogens is 1. The summed E-state index contributed by atoms with van der Waals surface area (Å²) in [5.74, 6) is 0.417. The number of aliphatic hydroxyl groups excluding tert-OH is 1. The van der Waals surface area contributed by atoms with Crippen molar-refractivity contribution >= 4 is 59.0 Å². The number of fused-ring (bicyclic) bond motifs is 3. The second-order valence-electron chi connectivity index (χ2n) is 10.7. The van der Waals surface area contributed by atoms with Gasteiger partial charge in [0.2, 0.25) is 0 Å². The second-order valence-corrected chi connectivity index (χ2v) is 11.7. The molecule has 5 rings (SSSR count). The first-order chi connectivity index (χ1) is 15.4. The van der Waals surface area contributed by atoms with Gasteiger partial charge in [-0.3, -0.25) is 4.79 Å². The Hall–Kier alpha value is -2.33. The quantitative estimate of drug-likeness (QED) is 0.0653. The van der Waals surface area contributed by atoms with Gasteiger partial charge in [0.05, 0.1) is 11.5 Å². The van der Waals surface area contributed by atoms with Gasteiger partial charge in [0.1, 0.15) is 5.76 Å². The van der Waals surface area contributed by atoms with Gasteiger partial charge in [-0.15, -0.1) is 23.1 Å². The third-order valence-electron chi connectivity index (χ3n) is 5.81. The van der Waals surface area contributed by atoms with E-state index in [4.69, 9.17) is 0 Å². The topological polar surface area (TPSA) is 54.5 Å². The third kappa shape index (κ3) is 4.88. The number of ketones is 1. The molecule has 2 heterocycles. The van der Waals surface area contributed by atoms with Crippen LogP contribution in [0.4, 0.5) is 0 Å². The van der Waals surface area contributed by atoms with Crippen LogP contribution in [0.1, 0.15) is 47.1 Å². The van der Waals surface area contributed by atoms with E-state index in [9.17, 15) is 9.90 Å². The van der Waals surface area contributed by atoms with Crippen LogP contribution in [0.25, 0.3) is 41.8 Å². The predicted octanol–water partition coefficient (Wildman–Crippen LogP) is 8.37. The van der Waals surface area contributed by atoms with Crippen molar-refractivity contribution in [3.8, 4) is 0 Å². The van der Waals surface area contributed by atoms with E-state index in [1.54, 1.807) is 0 Å². The molecule has 0 aliphatic heterocycles. The van der Waals surface area contributed by atoms with Crippen molar-refractivity contribution in [2.75, 3.05) is 0 Å². The van der Waals surface area contributed by atoms with E-state index < -0.39 is 0 Å². The largest absolute Gasteiger partial charge is 0.511 e. The van der Waals surface area contributed by atoms with Crippen LogP contribution in [0.15, 0.2) is 54.4 Å². The number of aliphatic hydroxyl groups is 1. The SMILES string of the molecule is CC(C)(C)C(=[OH+])/C=C(\O)C(C)(C)C.Cc1[c-]c2c3ncccc3c3cccc4sc(c1)c2c43.[Ir]. The zero-order valence-corrected chi connectivity index (χ0v) is 23.9. The number of nitrogens with zero attached hydrogens (tertiary/aromatic N) is 1. The summed E-state index contributed by atoms with van der Waals surface area (Å²) in [5, 5.41) is 16.0. The molecule has 0 aliphatic carbocycles. The first-order valence-electron chi connectivity index (χ1n) is 11.2. The van der Waals surface area contributed by atoms with Gasteiger partial charge >= 0.3 is 5.78 Å². The number of carbonyl (C=O) groups excluding carboxylic acids is 1. The molecule has 34 heavy (non-hydrogen) atoms. The first kappa shape index (κ1) is 26.3. The molecule has 0 amide bonds. The number of pyridine rings is 1. The Kier molecular flexibility index (Phi) is 7.24. The molecule has 1 radical (unpaired) electrons. The van der Waals surface area contributed by atoms with Gasteiger partial charge in [0.25, 0.3) is 0 Å². The molecule has 0 unspecified atom stereocenters. The minimum absolute atomic E-state index is 0. The molecule has 5 aromatic rings. The molecule has 0 fully saturated rings. The van der Waals surface area contributed by atoms with Gasteiger partial charge in [-0.1, -0.05) is 51.3 Å². The van der Waals surface area contributed by atoms with Crippen LogP contribution in [0, 0.1) is 23.8 Å². The molecular formula is C29H31IrNO2S. The number of aryl methyl sites for hydroxylation is 1. The van der Waals surface area contributed by atoms with Gasteiger partial charge in [-0.25, -0.2) is 0 Å². The molecule has 2 aromatic heterocycles. The Morgan fingerprint density at radius 3 is 2.29 bits per heavy atom. The van der Waals surface area contributed by atoms with E-state index in [1.165, 1.54) is 48.0 Å². The Morgan fingerprint density at radius 1 is 0.971 bits per heavy atom. The average molecular weight is 650 g/mol. The average Bonchev–Trinajstić information content (AvgIpc) is 3.10. The zero-order valence-electron chi connectivity index (χ0n) is 20.7. The van der Waals surface area contributed by atoms with Crippen molar-refractivity contribution in [1.82, 2.24) is 4.98 Å². The van der Waals surface area contributed by atoms with Crippen molar-refractivity contribution in [2.45, 2.75) is 48.5 Å². The van der Waals surface area contributed by atoms with E-state index in [-0.39, 0.29) is 42.5 Å². The first-order valence-corrected chi connectivity index (χ1v) is 12.0. The minimum Gasteiger partial charge on any atom is -0.511 e. The number of benzene rings is 3. The molecule has 0 atom stereocenters. The Morgan fingerprint density at radius 2 is 1.65 bits per heavy atom. The van der Waals surface area contributed by atoms with Gasteiger partial charge in [-0.05, 0) is 59.3 Å². The molecule has 3 nitrogen and oxygen atoms in total. The molecule has 5 heteroatoms. The van der Waals surface area contributed by atoms with Gasteiger partial charge in [0, 0.05) is 36.4 Å². The van der Waals surface area contributed by atoms with Crippen molar-refractivity contribution in [3.63, 3.8) is 0 Å². The number of allylic oxidation sites excluding steroid dienone is 2.